The number of aromatic amines is 1. The molecule has 0 atom stereocenters. The molecule has 0 amide bonds. The molecule has 1 aromatic heterocycles. The van der Waals surface area contributed by atoms with Crippen molar-refractivity contribution in [3.63, 3.8) is 0 Å². The number of aromatic nitrogens is 1. The second-order valence-electron chi connectivity index (χ2n) is 7.31. The second kappa shape index (κ2) is 5.92. The van der Waals surface area contributed by atoms with E-state index in [0.717, 1.165) is 33.3 Å². The third kappa shape index (κ3) is 2.38. The van der Waals surface area contributed by atoms with Gasteiger partial charge < -0.3 is 10.3 Å². The van der Waals surface area contributed by atoms with Crippen molar-refractivity contribution in [2.24, 2.45) is 0 Å². The van der Waals surface area contributed by atoms with Crippen molar-refractivity contribution >= 4 is 28.1 Å². The van der Waals surface area contributed by atoms with E-state index in [2.05, 4.69) is 16.4 Å². The standard InChI is InChI=1S/C24H18N2O2/c1-13-10-14(2)12-15(11-13)25-22-21-16-6-3-4-7-17(16)23(27)18-8-5-9-19(20(18)21)26-24(22)28/h3-12,25H,1-2H3,(H,26,28). The summed E-state index contributed by atoms with van der Waals surface area (Å²) in [5.74, 6) is -0.0156. The van der Waals surface area contributed by atoms with Gasteiger partial charge in [-0.3, -0.25) is 9.59 Å². The molecule has 2 N–H and O–H groups in total. The summed E-state index contributed by atoms with van der Waals surface area (Å²) in [5, 5.41) is 4.12. The van der Waals surface area contributed by atoms with Gasteiger partial charge in [-0.25, -0.2) is 0 Å². The molecule has 4 nitrogen and oxygen atoms in total. The molecule has 4 heteroatoms. The first-order valence-corrected chi connectivity index (χ1v) is 9.21. The number of anilines is 2. The number of benzene rings is 3. The number of nitrogens with one attached hydrogen (secondary N) is 2. The van der Waals surface area contributed by atoms with Crippen LogP contribution in [-0.4, -0.2) is 10.8 Å². The molecule has 0 aliphatic heterocycles. The number of carbonyl (C=O) groups excluding carboxylic acids is 1. The minimum Gasteiger partial charge on any atom is -0.350 e. The van der Waals surface area contributed by atoms with Crippen LogP contribution in [-0.2, 0) is 0 Å². The van der Waals surface area contributed by atoms with Crippen molar-refractivity contribution in [3.05, 3.63) is 93.3 Å². The molecule has 0 saturated carbocycles. The van der Waals surface area contributed by atoms with Crippen LogP contribution < -0.4 is 10.9 Å². The topological polar surface area (TPSA) is 62.0 Å². The number of fused-ring (bicyclic) bond motifs is 2. The molecule has 0 fully saturated rings. The van der Waals surface area contributed by atoms with E-state index in [-0.39, 0.29) is 11.3 Å². The number of hydrogen-bond donors (Lipinski definition) is 2. The Bertz CT molecular complexity index is 1330. The van der Waals surface area contributed by atoms with E-state index in [4.69, 9.17) is 0 Å². The predicted molar refractivity (Wildman–Crippen MR) is 113 cm³/mol. The molecule has 1 aliphatic carbocycles. The van der Waals surface area contributed by atoms with Crippen LogP contribution in [0.3, 0.4) is 0 Å². The molecule has 3 aromatic carbocycles. The highest BCUT2D eigenvalue weighted by molar-refractivity contribution is 6.26. The molecule has 1 heterocycles. The zero-order valence-electron chi connectivity index (χ0n) is 15.6. The molecule has 0 spiro atoms. The zero-order chi connectivity index (χ0) is 19.4. The minimum atomic E-state index is -0.206. The summed E-state index contributed by atoms with van der Waals surface area (Å²) >= 11 is 0. The lowest BCUT2D eigenvalue weighted by molar-refractivity contribution is 0.104. The average molecular weight is 366 g/mol. The Kier molecular flexibility index (Phi) is 3.49. The van der Waals surface area contributed by atoms with Gasteiger partial charge in [0, 0.05) is 33.3 Å². The SMILES string of the molecule is Cc1cc(C)cc(Nc2c3c4c(cccc4[nH]c2=O)C(=O)c2ccccc2-3)c1. The van der Waals surface area contributed by atoms with Gasteiger partial charge in [0.25, 0.3) is 5.56 Å². The highest BCUT2D eigenvalue weighted by Gasteiger charge is 2.28. The van der Waals surface area contributed by atoms with Crippen LogP contribution >= 0.6 is 0 Å². The van der Waals surface area contributed by atoms with Gasteiger partial charge in [0.15, 0.2) is 5.78 Å². The molecule has 28 heavy (non-hydrogen) atoms. The molecule has 5 rings (SSSR count). The number of aryl methyl sites for hydroxylation is 2. The first-order valence-electron chi connectivity index (χ1n) is 9.21. The number of ketones is 1. The smallest absolute Gasteiger partial charge is 0.272 e. The van der Waals surface area contributed by atoms with Crippen LogP contribution in [0, 0.1) is 13.8 Å². The third-order valence-corrected chi connectivity index (χ3v) is 5.22. The maximum absolute atomic E-state index is 13.0. The zero-order valence-corrected chi connectivity index (χ0v) is 15.6. The number of carbonyl (C=O) groups is 1. The van der Waals surface area contributed by atoms with Crippen LogP contribution in [0.25, 0.3) is 22.0 Å². The molecular formula is C24H18N2O2. The molecule has 0 unspecified atom stereocenters. The molecule has 0 saturated heterocycles. The lowest BCUT2D eigenvalue weighted by Crippen LogP contribution is -2.18. The maximum Gasteiger partial charge on any atom is 0.272 e. The van der Waals surface area contributed by atoms with Gasteiger partial charge in [-0.2, -0.15) is 0 Å². The van der Waals surface area contributed by atoms with E-state index in [0.29, 0.717) is 22.3 Å². The fraction of sp³-hybridized carbons (Fsp3) is 0.0833. The summed E-state index contributed by atoms with van der Waals surface area (Å²) in [5.41, 5.74) is 6.82. The Labute approximate surface area is 161 Å². The maximum atomic E-state index is 13.0. The first-order chi connectivity index (χ1) is 13.5. The first kappa shape index (κ1) is 16.5. The van der Waals surface area contributed by atoms with Gasteiger partial charge in [0.2, 0.25) is 0 Å². The second-order valence-corrected chi connectivity index (χ2v) is 7.31. The fourth-order valence-electron chi connectivity index (χ4n) is 4.16. The van der Waals surface area contributed by atoms with Crippen molar-refractivity contribution in [1.29, 1.82) is 0 Å². The largest absolute Gasteiger partial charge is 0.350 e. The fourth-order valence-corrected chi connectivity index (χ4v) is 4.16. The normalized spacial score (nSPS) is 12.1. The van der Waals surface area contributed by atoms with Crippen molar-refractivity contribution in [1.82, 2.24) is 4.98 Å². The molecule has 136 valence electrons. The highest BCUT2D eigenvalue weighted by Crippen LogP contribution is 2.42. The van der Waals surface area contributed by atoms with E-state index in [1.54, 1.807) is 6.07 Å². The van der Waals surface area contributed by atoms with Gasteiger partial charge in [0.05, 0.1) is 0 Å². The van der Waals surface area contributed by atoms with E-state index in [1.807, 2.05) is 62.4 Å². The number of rotatable bonds is 2. The molecular weight excluding hydrogens is 348 g/mol. The summed E-state index contributed by atoms with van der Waals surface area (Å²) in [7, 11) is 0. The molecule has 4 aromatic rings. The minimum absolute atomic E-state index is 0.0156. The third-order valence-electron chi connectivity index (χ3n) is 5.22. The van der Waals surface area contributed by atoms with E-state index in [9.17, 15) is 9.59 Å². The Balaban J connectivity index is 1.87. The Morgan fingerprint density at radius 1 is 0.786 bits per heavy atom. The van der Waals surface area contributed by atoms with Crippen LogP contribution in [0.1, 0.15) is 27.0 Å². The lowest BCUT2D eigenvalue weighted by atomic mass is 9.83. The quantitative estimate of drug-likeness (QED) is 0.457. The molecule has 0 bridgehead atoms. The predicted octanol–water partition coefficient (Wildman–Crippen LogP) is 5.10. The Morgan fingerprint density at radius 2 is 1.46 bits per heavy atom. The summed E-state index contributed by atoms with van der Waals surface area (Å²) in [6.07, 6.45) is 0. The van der Waals surface area contributed by atoms with Gasteiger partial charge in [-0.1, -0.05) is 42.5 Å². The Hall–Kier alpha value is -3.66. The van der Waals surface area contributed by atoms with Crippen LogP contribution in [0.4, 0.5) is 11.4 Å². The molecule has 1 aliphatic rings. The summed E-state index contributed by atoms with van der Waals surface area (Å²) in [6.45, 7) is 4.05. The molecule has 0 radical (unpaired) electrons. The van der Waals surface area contributed by atoms with E-state index in [1.165, 1.54) is 0 Å². The van der Waals surface area contributed by atoms with E-state index < -0.39 is 0 Å². The van der Waals surface area contributed by atoms with Crippen LogP contribution in [0.2, 0.25) is 0 Å². The van der Waals surface area contributed by atoms with Crippen molar-refractivity contribution < 1.29 is 4.79 Å². The van der Waals surface area contributed by atoms with Gasteiger partial charge >= 0.3 is 0 Å². The van der Waals surface area contributed by atoms with E-state index >= 15 is 0 Å². The van der Waals surface area contributed by atoms with Gasteiger partial charge in [-0.15, -0.1) is 0 Å². The Morgan fingerprint density at radius 3 is 2.21 bits per heavy atom. The van der Waals surface area contributed by atoms with Crippen molar-refractivity contribution in [3.8, 4) is 11.1 Å². The van der Waals surface area contributed by atoms with Crippen molar-refractivity contribution in [2.45, 2.75) is 13.8 Å². The van der Waals surface area contributed by atoms with Gasteiger partial charge in [-0.05, 0) is 48.7 Å². The summed E-state index contributed by atoms with van der Waals surface area (Å²) in [6, 6.07) is 19.1. The van der Waals surface area contributed by atoms with Crippen molar-refractivity contribution in [2.75, 3.05) is 5.32 Å². The monoisotopic (exact) mass is 366 g/mol. The number of hydrogen-bond acceptors (Lipinski definition) is 3. The number of pyridine rings is 1. The number of H-pyrrole nitrogens is 1. The van der Waals surface area contributed by atoms with Gasteiger partial charge in [0.1, 0.15) is 5.69 Å². The summed E-state index contributed by atoms with van der Waals surface area (Å²) in [4.78, 5) is 29.0. The summed E-state index contributed by atoms with van der Waals surface area (Å²) < 4.78 is 0. The lowest BCUT2D eigenvalue weighted by Gasteiger charge is -2.22. The average Bonchev–Trinajstić information content (AvgIpc) is 2.66. The van der Waals surface area contributed by atoms with Crippen LogP contribution in [0.5, 0.6) is 0 Å². The van der Waals surface area contributed by atoms with Crippen LogP contribution in [0.15, 0.2) is 65.5 Å². The highest BCUT2D eigenvalue weighted by atomic mass is 16.1.